The zero-order chi connectivity index (χ0) is 21.6. The Labute approximate surface area is 178 Å². The van der Waals surface area contributed by atoms with E-state index in [4.69, 9.17) is 23.0 Å². The van der Waals surface area contributed by atoms with Gasteiger partial charge in [0, 0.05) is 5.69 Å². The van der Waals surface area contributed by atoms with Crippen LogP contribution in [0.2, 0.25) is 0 Å². The summed E-state index contributed by atoms with van der Waals surface area (Å²) in [6, 6.07) is 20.0. The van der Waals surface area contributed by atoms with Crippen LogP contribution < -0.4 is 19.5 Å². The fraction of sp³-hybridized carbons (Fsp3) is 0.130. The van der Waals surface area contributed by atoms with Crippen LogP contribution in [0.1, 0.15) is 11.5 Å². The number of furan rings is 1. The number of hydrogen-bond acceptors (Lipinski definition) is 8. The number of oxazole rings is 1. The number of hydrogen-bond donors (Lipinski definition) is 1. The molecule has 4 rings (SSSR count). The van der Waals surface area contributed by atoms with E-state index < -0.39 is 0 Å². The molecule has 2 aromatic carbocycles. The van der Waals surface area contributed by atoms with Gasteiger partial charge in [0.25, 0.3) is 5.89 Å². The molecular formula is C23H19N3O5. The Morgan fingerprint density at radius 3 is 2.16 bits per heavy atom. The minimum atomic E-state index is 0.123. The van der Waals surface area contributed by atoms with E-state index >= 15 is 0 Å². The van der Waals surface area contributed by atoms with Crippen molar-refractivity contribution in [3.05, 3.63) is 72.1 Å². The van der Waals surface area contributed by atoms with Crippen LogP contribution in [0.4, 0.5) is 11.6 Å². The van der Waals surface area contributed by atoms with Gasteiger partial charge < -0.3 is 28.4 Å². The van der Waals surface area contributed by atoms with E-state index in [0.29, 0.717) is 17.3 Å². The zero-order valence-electron chi connectivity index (χ0n) is 16.9. The van der Waals surface area contributed by atoms with Crippen molar-refractivity contribution >= 4 is 11.6 Å². The maximum atomic E-state index is 9.40. The molecule has 0 atom stereocenters. The summed E-state index contributed by atoms with van der Waals surface area (Å²) in [5.41, 5.74) is 0.853. The number of ether oxygens (including phenoxy) is 3. The van der Waals surface area contributed by atoms with Crippen LogP contribution in [0.15, 0.2) is 69.5 Å². The molecule has 2 aromatic heterocycles. The van der Waals surface area contributed by atoms with Crippen molar-refractivity contribution in [1.82, 2.24) is 4.98 Å². The van der Waals surface area contributed by atoms with Gasteiger partial charge in [-0.3, -0.25) is 0 Å². The number of benzene rings is 2. The minimum Gasteiger partial charge on any atom is -0.497 e. The zero-order valence-corrected chi connectivity index (χ0v) is 16.9. The Kier molecular flexibility index (Phi) is 5.76. The predicted molar refractivity (Wildman–Crippen MR) is 113 cm³/mol. The number of methoxy groups -OCH3 is 2. The normalized spacial score (nSPS) is 10.4. The molecule has 0 saturated heterocycles. The van der Waals surface area contributed by atoms with Gasteiger partial charge in [0.1, 0.15) is 35.7 Å². The molecule has 0 aliphatic carbocycles. The van der Waals surface area contributed by atoms with Crippen LogP contribution in [0.3, 0.4) is 0 Å². The Bertz CT molecular complexity index is 1190. The van der Waals surface area contributed by atoms with E-state index in [1.807, 2.05) is 42.5 Å². The van der Waals surface area contributed by atoms with E-state index in [1.54, 1.807) is 38.5 Å². The van der Waals surface area contributed by atoms with Crippen molar-refractivity contribution in [3.63, 3.8) is 0 Å². The first-order chi connectivity index (χ1) is 15.2. The second-order valence-electron chi connectivity index (χ2n) is 6.39. The molecule has 0 radical (unpaired) electrons. The van der Waals surface area contributed by atoms with Crippen molar-refractivity contribution in [3.8, 4) is 35.0 Å². The first-order valence-electron chi connectivity index (χ1n) is 9.36. The Hall–Kier alpha value is -4.38. The van der Waals surface area contributed by atoms with Crippen LogP contribution in [0, 0.1) is 11.3 Å². The average Bonchev–Trinajstić information content (AvgIpc) is 3.45. The van der Waals surface area contributed by atoms with E-state index in [-0.39, 0.29) is 24.1 Å². The van der Waals surface area contributed by atoms with Gasteiger partial charge in [-0.1, -0.05) is 0 Å². The SMILES string of the molecule is COc1ccc(Nc2oc(-c3ccc(COc4ccc(OC)cc4)o3)nc2C#N)cc1. The highest BCUT2D eigenvalue weighted by atomic mass is 16.5. The lowest BCUT2D eigenvalue weighted by atomic mass is 10.3. The van der Waals surface area contributed by atoms with E-state index in [2.05, 4.69) is 10.3 Å². The van der Waals surface area contributed by atoms with Crippen molar-refractivity contribution in [2.75, 3.05) is 19.5 Å². The fourth-order valence-corrected chi connectivity index (χ4v) is 2.79. The molecule has 0 aliphatic rings. The molecule has 31 heavy (non-hydrogen) atoms. The van der Waals surface area contributed by atoms with Crippen LogP contribution in [0.5, 0.6) is 17.2 Å². The van der Waals surface area contributed by atoms with Crippen molar-refractivity contribution in [1.29, 1.82) is 5.26 Å². The molecule has 0 amide bonds. The van der Waals surface area contributed by atoms with Gasteiger partial charge in [-0.2, -0.15) is 10.2 Å². The summed E-state index contributed by atoms with van der Waals surface area (Å²) < 4.78 is 27.5. The molecule has 2 heterocycles. The van der Waals surface area contributed by atoms with Gasteiger partial charge in [-0.05, 0) is 60.7 Å². The summed E-state index contributed by atoms with van der Waals surface area (Å²) in [5.74, 6) is 3.58. The van der Waals surface area contributed by atoms with Gasteiger partial charge in [0.15, 0.2) is 5.76 Å². The summed E-state index contributed by atoms with van der Waals surface area (Å²) in [7, 11) is 3.21. The molecular weight excluding hydrogens is 398 g/mol. The van der Waals surface area contributed by atoms with Crippen LogP contribution in [-0.2, 0) is 6.61 Å². The highest BCUT2D eigenvalue weighted by molar-refractivity contribution is 5.62. The summed E-state index contributed by atoms with van der Waals surface area (Å²) in [5, 5.41) is 12.4. The summed E-state index contributed by atoms with van der Waals surface area (Å²) in [6.07, 6.45) is 0. The standard InChI is InChI=1S/C23H19N3O5/c1-27-16-5-3-15(4-6-16)25-22-20(13-24)26-23(31-22)21-12-11-19(30-21)14-29-18-9-7-17(28-2)8-10-18/h3-12,25H,14H2,1-2H3. The molecule has 0 spiro atoms. The molecule has 0 fully saturated rings. The van der Waals surface area contributed by atoms with Gasteiger partial charge in [-0.25, -0.2) is 0 Å². The third-order valence-corrected chi connectivity index (χ3v) is 4.39. The summed E-state index contributed by atoms with van der Waals surface area (Å²) >= 11 is 0. The first kappa shape index (κ1) is 19.9. The summed E-state index contributed by atoms with van der Waals surface area (Å²) in [4.78, 5) is 4.22. The molecule has 0 bridgehead atoms. The fourth-order valence-electron chi connectivity index (χ4n) is 2.79. The van der Waals surface area contributed by atoms with Crippen LogP contribution in [-0.4, -0.2) is 19.2 Å². The van der Waals surface area contributed by atoms with Crippen molar-refractivity contribution in [2.24, 2.45) is 0 Å². The number of rotatable bonds is 8. The number of aromatic nitrogens is 1. The Morgan fingerprint density at radius 2 is 1.52 bits per heavy atom. The highest BCUT2D eigenvalue weighted by Crippen LogP contribution is 2.30. The highest BCUT2D eigenvalue weighted by Gasteiger charge is 2.18. The Morgan fingerprint density at radius 1 is 0.871 bits per heavy atom. The van der Waals surface area contributed by atoms with Crippen LogP contribution >= 0.6 is 0 Å². The molecule has 4 aromatic rings. The van der Waals surface area contributed by atoms with Gasteiger partial charge in [-0.15, -0.1) is 0 Å². The average molecular weight is 417 g/mol. The predicted octanol–water partition coefficient (Wildman–Crippen LogP) is 5.15. The minimum absolute atomic E-state index is 0.123. The molecule has 8 nitrogen and oxygen atoms in total. The second-order valence-corrected chi connectivity index (χ2v) is 6.39. The van der Waals surface area contributed by atoms with E-state index in [0.717, 1.165) is 17.2 Å². The van der Waals surface area contributed by atoms with Crippen LogP contribution in [0.25, 0.3) is 11.7 Å². The smallest absolute Gasteiger partial charge is 0.266 e. The van der Waals surface area contributed by atoms with Crippen molar-refractivity contribution in [2.45, 2.75) is 6.61 Å². The first-order valence-corrected chi connectivity index (χ1v) is 9.36. The van der Waals surface area contributed by atoms with Gasteiger partial charge in [0.2, 0.25) is 11.6 Å². The number of nitriles is 1. The lowest BCUT2D eigenvalue weighted by Gasteiger charge is -2.05. The molecule has 1 N–H and O–H groups in total. The number of anilines is 2. The van der Waals surface area contributed by atoms with E-state index in [1.165, 1.54) is 0 Å². The summed E-state index contributed by atoms with van der Waals surface area (Å²) in [6.45, 7) is 0.231. The lowest BCUT2D eigenvalue weighted by Crippen LogP contribution is -1.93. The maximum absolute atomic E-state index is 9.40. The number of nitrogens with one attached hydrogen (secondary N) is 1. The topological polar surface area (TPSA) is 103 Å². The molecule has 0 aliphatic heterocycles. The van der Waals surface area contributed by atoms with Crippen molar-refractivity contribution < 1.29 is 23.0 Å². The largest absolute Gasteiger partial charge is 0.497 e. The number of nitrogens with zero attached hydrogens (tertiary/aromatic N) is 2. The van der Waals surface area contributed by atoms with Gasteiger partial charge in [0.05, 0.1) is 14.2 Å². The molecule has 0 unspecified atom stereocenters. The lowest BCUT2D eigenvalue weighted by molar-refractivity contribution is 0.270. The van der Waals surface area contributed by atoms with E-state index in [9.17, 15) is 5.26 Å². The monoisotopic (exact) mass is 417 g/mol. The Balaban J connectivity index is 1.45. The third-order valence-electron chi connectivity index (χ3n) is 4.39. The third kappa shape index (κ3) is 4.62. The second kappa shape index (κ2) is 8.97. The molecule has 8 heteroatoms. The van der Waals surface area contributed by atoms with Gasteiger partial charge >= 0.3 is 0 Å². The maximum Gasteiger partial charge on any atom is 0.266 e. The quantitative estimate of drug-likeness (QED) is 0.420. The molecule has 156 valence electrons. The molecule has 0 saturated carbocycles.